The van der Waals surface area contributed by atoms with Crippen LogP contribution >= 0.6 is 0 Å². The zero-order chi connectivity index (χ0) is 22.0. The lowest BCUT2D eigenvalue weighted by molar-refractivity contribution is 0.0645. The minimum atomic E-state index is -0.888. The minimum absolute atomic E-state index is 0.115. The number of urea groups is 1. The summed E-state index contributed by atoms with van der Waals surface area (Å²) in [5.41, 5.74) is 1.02. The van der Waals surface area contributed by atoms with E-state index in [0.29, 0.717) is 30.6 Å². The highest BCUT2D eigenvalue weighted by Gasteiger charge is 2.54. The maximum absolute atomic E-state index is 12.7. The van der Waals surface area contributed by atoms with Crippen molar-refractivity contribution in [3.8, 4) is 6.07 Å². The van der Waals surface area contributed by atoms with Gasteiger partial charge in [0.15, 0.2) is 0 Å². The summed E-state index contributed by atoms with van der Waals surface area (Å²) in [6.07, 6.45) is 0.376. The zero-order valence-electron chi connectivity index (χ0n) is 17.2. The first-order valence-corrected chi connectivity index (χ1v) is 10.1. The molecule has 2 aromatic rings. The summed E-state index contributed by atoms with van der Waals surface area (Å²) in [6.45, 7) is 2.43. The zero-order valence-corrected chi connectivity index (χ0v) is 17.2. The molecule has 1 spiro atoms. The van der Waals surface area contributed by atoms with Gasteiger partial charge in [-0.2, -0.15) is 5.26 Å². The molecular formula is C23H23N5O3. The molecule has 2 saturated heterocycles. The molecule has 4 rings (SSSR count). The van der Waals surface area contributed by atoms with Crippen LogP contribution in [-0.2, 0) is 11.3 Å². The number of rotatable bonds is 3. The van der Waals surface area contributed by atoms with Gasteiger partial charge in [-0.25, -0.2) is 9.59 Å². The largest absolute Gasteiger partial charge is 0.445 e. The lowest BCUT2D eigenvalue weighted by Gasteiger charge is -2.46. The molecule has 2 fully saturated rings. The van der Waals surface area contributed by atoms with Crippen molar-refractivity contribution < 1.29 is 14.3 Å². The van der Waals surface area contributed by atoms with E-state index in [1.165, 1.54) is 0 Å². The summed E-state index contributed by atoms with van der Waals surface area (Å²) < 4.78 is 5.48. The molecule has 8 heteroatoms. The predicted molar refractivity (Wildman–Crippen MR) is 115 cm³/mol. The van der Waals surface area contributed by atoms with E-state index in [4.69, 9.17) is 10.1 Å². The van der Waals surface area contributed by atoms with E-state index < -0.39 is 17.7 Å². The fourth-order valence-corrected chi connectivity index (χ4v) is 4.39. The fourth-order valence-electron chi connectivity index (χ4n) is 4.39. The molecule has 0 aromatic heterocycles. The third-order valence-electron chi connectivity index (χ3n) is 5.93. The highest BCUT2D eigenvalue weighted by Crippen LogP contribution is 2.39. The van der Waals surface area contributed by atoms with Gasteiger partial charge < -0.3 is 9.64 Å². The van der Waals surface area contributed by atoms with Gasteiger partial charge in [-0.3, -0.25) is 15.6 Å². The van der Waals surface area contributed by atoms with Gasteiger partial charge in [-0.05, 0) is 43.5 Å². The van der Waals surface area contributed by atoms with Gasteiger partial charge in [0.05, 0.1) is 11.6 Å². The third-order valence-corrected chi connectivity index (χ3v) is 5.93. The Kier molecular flexibility index (Phi) is 5.34. The van der Waals surface area contributed by atoms with Crippen molar-refractivity contribution >= 4 is 23.6 Å². The van der Waals surface area contributed by atoms with Gasteiger partial charge >= 0.3 is 12.1 Å². The Hall–Kier alpha value is -3.86. The fraction of sp³-hybridized carbons (Fsp3) is 0.304. The normalized spacial score (nSPS) is 22.9. The number of benzene rings is 2. The third kappa shape index (κ3) is 3.70. The molecular weight excluding hydrogens is 394 g/mol. The summed E-state index contributed by atoms with van der Waals surface area (Å²) in [6, 6.07) is 17.7. The minimum Gasteiger partial charge on any atom is -0.445 e. The molecule has 2 aromatic carbocycles. The van der Waals surface area contributed by atoms with Gasteiger partial charge in [0.1, 0.15) is 18.0 Å². The topological polar surface area (TPSA) is 110 Å². The van der Waals surface area contributed by atoms with Gasteiger partial charge in [0.2, 0.25) is 0 Å². The maximum Gasteiger partial charge on any atom is 0.410 e. The van der Waals surface area contributed by atoms with E-state index >= 15 is 0 Å². The number of nitriles is 1. The molecule has 2 aliphatic heterocycles. The van der Waals surface area contributed by atoms with Crippen LogP contribution in [0, 0.1) is 16.7 Å². The van der Waals surface area contributed by atoms with Gasteiger partial charge in [0.25, 0.3) is 0 Å². The lowest BCUT2D eigenvalue weighted by atomic mass is 9.81. The monoisotopic (exact) mass is 417 g/mol. The molecule has 2 N–H and O–H groups in total. The van der Waals surface area contributed by atoms with Crippen molar-refractivity contribution in [2.45, 2.75) is 38.0 Å². The highest BCUT2D eigenvalue weighted by atomic mass is 16.6. The number of likely N-dealkylation sites (tertiary alicyclic amines) is 1. The second-order valence-corrected chi connectivity index (χ2v) is 7.87. The number of piperidine rings is 1. The molecule has 3 amide bonds. The standard InChI is InChI=1S/C23H23N5O3/c1-16-13-23(10-11-27(16)22(30)31-15-17-6-3-2-4-7-17)20(25)26-21(29)28(23)19-9-5-8-18(12-19)14-24/h2-9,12,16H,10-11,13,15H2,1H3,(H2,25,26,29)/t16-,23+/m0/s1. The average molecular weight is 417 g/mol. The summed E-state index contributed by atoms with van der Waals surface area (Å²) in [5.74, 6) is 0.115. The van der Waals surface area contributed by atoms with Crippen molar-refractivity contribution in [3.05, 3.63) is 65.7 Å². The molecule has 2 atom stereocenters. The Morgan fingerprint density at radius 2 is 2.06 bits per heavy atom. The first-order valence-electron chi connectivity index (χ1n) is 10.1. The van der Waals surface area contributed by atoms with Crippen molar-refractivity contribution in [1.82, 2.24) is 10.2 Å². The first-order chi connectivity index (χ1) is 14.9. The van der Waals surface area contributed by atoms with E-state index in [1.54, 1.807) is 34.1 Å². The van der Waals surface area contributed by atoms with Crippen LogP contribution in [0.15, 0.2) is 54.6 Å². The molecule has 0 bridgehead atoms. The molecule has 0 unspecified atom stereocenters. The van der Waals surface area contributed by atoms with E-state index in [1.807, 2.05) is 37.3 Å². The second-order valence-electron chi connectivity index (χ2n) is 7.87. The number of amides is 3. The smallest absolute Gasteiger partial charge is 0.410 e. The first kappa shape index (κ1) is 20.4. The molecule has 2 aliphatic rings. The molecule has 158 valence electrons. The molecule has 0 aliphatic carbocycles. The molecule has 0 radical (unpaired) electrons. The van der Waals surface area contributed by atoms with Crippen molar-refractivity contribution in [2.75, 3.05) is 11.4 Å². The van der Waals surface area contributed by atoms with Crippen molar-refractivity contribution in [2.24, 2.45) is 0 Å². The maximum atomic E-state index is 12.7. The van der Waals surface area contributed by atoms with Crippen molar-refractivity contribution in [3.63, 3.8) is 0 Å². The van der Waals surface area contributed by atoms with E-state index in [2.05, 4.69) is 11.4 Å². The number of nitrogens with zero attached hydrogens (tertiary/aromatic N) is 3. The number of carbonyl (C=O) groups excluding carboxylic acids is 2. The van der Waals surface area contributed by atoms with Crippen molar-refractivity contribution in [1.29, 1.82) is 10.7 Å². The summed E-state index contributed by atoms with van der Waals surface area (Å²) in [7, 11) is 0. The summed E-state index contributed by atoms with van der Waals surface area (Å²) in [5, 5.41) is 20.3. The number of amidine groups is 1. The van der Waals surface area contributed by atoms with Crippen LogP contribution in [0.3, 0.4) is 0 Å². The van der Waals surface area contributed by atoms with Crippen LogP contribution in [-0.4, -0.2) is 41.0 Å². The SMILES string of the molecule is C[C@H]1C[C@]2(CCN1C(=O)OCc1ccccc1)C(=N)NC(=O)N2c1cccc(C#N)c1. The van der Waals surface area contributed by atoms with Crippen LogP contribution in [0.4, 0.5) is 15.3 Å². The molecule has 8 nitrogen and oxygen atoms in total. The number of ether oxygens (including phenoxy) is 1. The number of anilines is 1. The Morgan fingerprint density at radius 1 is 1.29 bits per heavy atom. The van der Waals surface area contributed by atoms with Crippen LogP contribution in [0.25, 0.3) is 0 Å². The van der Waals surface area contributed by atoms with Crippen LogP contribution in [0.2, 0.25) is 0 Å². The number of carbonyl (C=O) groups is 2. The van der Waals surface area contributed by atoms with Crippen LogP contribution in [0.1, 0.15) is 30.9 Å². The summed E-state index contributed by atoms with van der Waals surface area (Å²) in [4.78, 5) is 28.6. The van der Waals surface area contributed by atoms with Gasteiger partial charge in [-0.15, -0.1) is 0 Å². The highest BCUT2D eigenvalue weighted by molar-refractivity contribution is 6.18. The second kappa shape index (κ2) is 8.11. The number of hydrogen-bond acceptors (Lipinski definition) is 5. The van der Waals surface area contributed by atoms with Crippen LogP contribution < -0.4 is 10.2 Å². The summed E-state index contributed by atoms with van der Waals surface area (Å²) >= 11 is 0. The Bertz CT molecular complexity index is 1060. The van der Waals surface area contributed by atoms with Crippen LogP contribution in [0.5, 0.6) is 0 Å². The Morgan fingerprint density at radius 3 is 2.77 bits per heavy atom. The Labute approximate surface area is 180 Å². The molecule has 2 heterocycles. The number of nitrogens with one attached hydrogen (secondary N) is 2. The lowest BCUT2D eigenvalue weighted by Crippen LogP contribution is -2.60. The Balaban J connectivity index is 1.52. The predicted octanol–water partition coefficient (Wildman–Crippen LogP) is 3.63. The van der Waals surface area contributed by atoms with Gasteiger partial charge in [0, 0.05) is 18.3 Å². The number of hydrogen-bond donors (Lipinski definition) is 2. The van der Waals surface area contributed by atoms with Gasteiger partial charge in [-0.1, -0.05) is 36.4 Å². The molecule has 31 heavy (non-hydrogen) atoms. The average Bonchev–Trinajstić information content (AvgIpc) is 3.01. The van der Waals surface area contributed by atoms with E-state index in [0.717, 1.165) is 5.56 Å². The molecule has 0 saturated carbocycles. The van der Waals surface area contributed by atoms with E-state index in [-0.39, 0.29) is 18.5 Å². The quantitative estimate of drug-likeness (QED) is 0.795. The van der Waals surface area contributed by atoms with E-state index in [9.17, 15) is 14.9 Å².